The lowest BCUT2D eigenvalue weighted by atomic mass is 10.1. The highest BCUT2D eigenvalue weighted by molar-refractivity contribution is 5.94. The number of amides is 1. The van der Waals surface area contributed by atoms with Crippen LogP contribution < -0.4 is 0 Å². The first-order valence-electron chi connectivity index (χ1n) is 10.4. The number of carboxylic acids is 2. The molecule has 0 aliphatic carbocycles. The molecule has 198 valence electrons. The molecule has 3 N–H and O–H groups in total. The van der Waals surface area contributed by atoms with Crippen molar-refractivity contribution < 1.29 is 50.9 Å². The van der Waals surface area contributed by atoms with Crippen LogP contribution in [0.1, 0.15) is 22.3 Å². The molecule has 0 bridgehead atoms. The van der Waals surface area contributed by atoms with Gasteiger partial charge in [-0.2, -0.15) is 26.3 Å². The lowest BCUT2D eigenvalue weighted by Gasteiger charge is -2.24. The zero-order valence-electron chi connectivity index (χ0n) is 18.5. The first-order chi connectivity index (χ1) is 16.7. The van der Waals surface area contributed by atoms with Crippen LogP contribution in [0.3, 0.4) is 0 Å². The van der Waals surface area contributed by atoms with E-state index in [1.54, 1.807) is 12.4 Å². The highest BCUT2D eigenvalue weighted by Gasteiger charge is 2.43. The van der Waals surface area contributed by atoms with Crippen molar-refractivity contribution in [2.75, 3.05) is 19.6 Å². The van der Waals surface area contributed by atoms with Crippen molar-refractivity contribution in [3.8, 4) is 0 Å². The van der Waals surface area contributed by atoms with Crippen molar-refractivity contribution in [2.24, 2.45) is 5.92 Å². The molecular formula is C21H22F6N4O5. The molecule has 0 unspecified atom stereocenters. The number of hydrogen-bond acceptors (Lipinski definition) is 5. The van der Waals surface area contributed by atoms with E-state index < -0.39 is 24.3 Å². The van der Waals surface area contributed by atoms with Gasteiger partial charge in [-0.15, -0.1) is 0 Å². The maximum Gasteiger partial charge on any atom is 0.490 e. The number of nitrogens with one attached hydrogen (secondary N) is 1. The Morgan fingerprint density at radius 3 is 2.11 bits per heavy atom. The van der Waals surface area contributed by atoms with Gasteiger partial charge in [0, 0.05) is 50.5 Å². The van der Waals surface area contributed by atoms with E-state index in [2.05, 4.69) is 20.9 Å². The van der Waals surface area contributed by atoms with Crippen LogP contribution in [0, 0.1) is 5.92 Å². The van der Waals surface area contributed by atoms with Gasteiger partial charge in [0.1, 0.15) is 0 Å². The van der Waals surface area contributed by atoms with E-state index in [9.17, 15) is 31.1 Å². The molecule has 4 heterocycles. The number of halogens is 6. The predicted molar refractivity (Wildman–Crippen MR) is 111 cm³/mol. The number of pyridine rings is 1. The smallest absolute Gasteiger partial charge is 0.475 e. The van der Waals surface area contributed by atoms with Gasteiger partial charge < -0.3 is 20.1 Å². The average Bonchev–Trinajstić information content (AvgIpc) is 3.53. The second kappa shape index (κ2) is 11.9. The summed E-state index contributed by atoms with van der Waals surface area (Å²) in [5.74, 6) is -4.75. The van der Waals surface area contributed by atoms with Gasteiger partial charge in [0.05, 0.1) is 5.56 Å². The Bertz CT molecular complexity index is 990. The third-order valence-corrected chi connectivity index (χ3v) is 5.39. The monoisotopic (exact) mass is 524 g/mol. The minimum atomic E-state index is -5.08. The summed E-state index contributed by atoms with van der Waals surface area (Å²) in [6, 6.07) is 6.45. The molecule has 2 aliphatic heterocycles. The molecule has 2 atom stereocenters. The summed E-state index contributed by atoms with van der Waals surface area (Å²) >= 11 is 0. The number of rotatable bonds is 3. The fourth-order valence-electron chi connectivity index (χ4n) is 3.78. The van der Waals surface area contributed by atoms with Crippen molar-refractivity contribution in [1.82, 2.24) is 19.8 Å². The van der Waals surface area contributed by atoms with Gasteiger partial charge >= 0.3 is 24.3 Å². The van der Waals surface area contributed by atoms with Crippen LogP contribution in [0.15, 0.2) is 43.0 Å². The van der Waals surface area contributed by atoms with E-state index in [0.29, 0.717) is 12.0 Å². The van der Waals surface area contributed by atoms with Crippen molar-refractivity contribution in [2.45, 2.75) is 31.4 Å². The number of carbonyl (C=O) groups excluding carboxylic acids is 1. The normalized spacial score (nSPS) is 19.4. The topological polar surface area (TPSA) is 127 Å². The fraction of sp³-hybridized carbons (Fsp3) is 0.429. The van der Waals surface area contributed by atoms with E-state index in [-0.39, 0.29) is 5.91 Å². The zero-order chi connectivity index (χ0) is 27.1. The van der Waals surface area contributed by atoms with Crippen molar-refractivity contribution in [1.29, 1.82) is 0 Å². The number of aliphatic carboxylic acids is 2. The van der Waals surface area contributed by atoms with E-state index in [0.717, 1.165) is 31.7 Å². The third-order valence-electron chi connectivity index (χ3n) is 5.39. The second-order valence-corrected chi connectivity index (χ2v) is 7.86. The van der Waals surface area contributed by atoms with Crippen molar-refractivity contribution >= 4 is 17.8 Å². The van der Waals surface area contributed by atoms with Gasteiger partial charge in [-0.1, -0.05) is 6.07 Å². The van der Waals surface area contributed by atoms with Crippen LogP contribution in [-0.4, -0.2) is 85.9 Å². The summed E-state index contributed by atoms with van der Waals surface area (Å²) < 4.78 is 63.5. The van der Waals surface area contributed by atoms with Gasteiger partial charge in [-0.25, -0.2) is 9.59 Å². The molecule has 2 aromatic rings. The summed E-state index contributed by atoms with van der Waals surface area (Å²) in [7, 11) is 0. The number of fused-ring (bicyclic) bond motifs is 1. The molecule has 4 rings (SSSR count). The van der Waals surface area contributed by atoms with Crippen LogP contribution in [0.5, 0.6) is 0 Å². The van der Waals surface area contributed by atoms with Gasteiger partial charge in [0.15, 0.2) is 0 Å². The first-order valence-corrected chi connectivity index (χ1v) is 10.4. The quantitative estimate of drug-likeness (QED) is 0.527. The van der Waals surface area contributed by atoms with E-state index in [1.807, 2.05) is 29.4 Å². The molecule has 0 radical (unpaired) electrons. The number of carbonyl (C=O) groups is 3. The Hall–Kier alpha value is -3.62. The Balaban J connectivity index is 0.000000271. The van der Waals surface area contributed by atoms with Crippen LogP contribution in [0.4, 0.5) is 26.3 Å². The Morgan fingerprint density at radius 2 is 1.64 bits per heavy atom. The highest BCUT2D eigenvalue weighted by Crippen LogP contribution is 2.33. The van der Waals surface area contributed by atoms with E-state index in [1.165, 1.54) is 12.0 Å². The molecule has 1 amide bonds. The van der Waals surface area contributed by atoms with Crippen molar-refractivity contribution in [3.05, 3.63) is 54.1 Å². The lowest BCUT2D eigenvalue weighted by molar-refractivity contribution is -0.193. The Morgan fingerprint density at radius 1 is 1.03 bits per heavy atom. The van der Waals surface area contributed by atoms with E-state index >= 15 is 0 Å². The summed E-state index contributed by atoms with van der Waals surface area (Å²) in [5.41, 5.74) is 2.01. The summed E-state index contributed by atoms with van der Waals surface area (Å²) in [4.78, 5) is 41.9. The number of carboxylic acid groups (broad SMARTS) is 2. The maximum atomic E-state index is 12.5. The van der Waals surface area contributed by atoms with Gasteiger partial charge in [-0.3, -0.25) is 14.7 Å². The van der Waals surface area contributed by atoms with Gasteiger partial charge in [-0.05, 0) is 36.6 Å². The van der Waals surface area contributed by atoms with Crippen LogP contribution in [0.25, 0.3) is 0 Å². The second-order valence-electron chi connectivity index (χ2n) is 7.86. The molecule has 15 heteroatoms. The zero-order valence-corrected chi connectivity index (χ0v) is 18.5. The average molecular weight is 524 g/mol. The summed E-state index contributed by atoms with van der Waals surface area (Å²) in [5, 5.41) is 14.2. The highest BCUT2D eigenvalue weighted by atomic mass is 19.4. The molecule has 2 saturated heterocycles. The van der Waals surface area contributed by atoms with Gasteiger partial charge in [0.25, 0.3) is 5.91 Å². The SMILES string of the molecule is O=C(O)C(F)(F)F.O=C(O)C(F)(F)F.O=C(c1cc[nH]c1)N1C[C@@H]2CCN(Cc3cccnc3)[C@@H]2C1. The largest absolute Gasteiger partial charge is 0.490 e. The summed E-state index contributed by atoms with van der Waals surface area (Å²) in [6.07, 6.45) is -1.65. The number of hydrogen-bond donors (Lipinski definition) is 3. The van der Waals surface area contributed by atoms with Crippen LogP contribution in [0.2, 0.25) is 0 Å². The molecular weight excluding hydrogens is 502 g/mol. The number of alkyl halides is 6. The predicted octanol–water partition coefficient (Wildman–Crippen LogP) is 3.02. The number of nitrogens with zero attached hydrogens (tertiary/aromatic N) is 3. The molecule has 2 aliphatic rings. The molecule has 2 fully saturated rings. The minimum absolute atomic E-state index is 0.150. The van der Waals surface area contributed by atoms with Crippen molar-refractivity contribution in [3.63, 3.8) is 0 Å². The molecule has 9 nitrogen and oxygen atoms in total. The number of likely N-dealkylation sites (tertiary alicyclic amines) is 2. The number of aromatic amines is 1. The molecule has 0 saturated carbocycles. The Kier molecular flexibility index (Phi) is 9.44. The number of aromatic nitrogens is 2. The van der Waals surface area contributed by atoms with E-state index in [4.69, 9.17) is 19.8 Å². The maximum absolute atomic E-state index is 12.5. The Labute approximate surface area is 200 Å². The molecule has 0 aromatic carbocycles. The molecule has 0 spiro atoms. The fourth-order valence-corrected chi connectivity index (χ4v) is 3.78. The molecule has 36 heavy (non-hydrogen) atoms. The summed E-state index contributed by atoms with van der Waals surface area (Å²) in [6.45, 7) is 3.78. The number of H-pyrrole nitrogens is 1. The first kappa shape index (κ1) is 28.6. The molecule has 2 aromatic heterocycles. The third kappa shape index (κ3) is 8.25. The standard InChI is InChI=1S/C17H20N4O.2C2HF3O2/c22-17(14-3-6-19-9-14)21-11-15-4-7-20(16(15)12-21)10-13-2-1-5-18-8-13;2*3-2(4,5)1(6)7/h1-3,5-6,8-9,15-16,19H,4,7,10-12H2;2*(H,6,7)/t15-,16+;;/m0../s1. The minimum Gasteiger partial charge on any atom is -0.475 e. The lowest BCUT2D eigenvalue weighted by Crippen LogP contribution is -2.36. The van der Waals surface area contributed by atoms with Crippen LogP contribution >= 0.6 is 0 Å². The van der Waals surface area contributed by atoms with Gasteiger partial charge in [0.2, 0.25) is 0 Å². The van der Waals surface area contributed by atoms with Crippen LogP contribution in [-0.2, 0) is 16.1 Å².